The maximum absolute atomic E-state index is 5.55. The summed E-state index contributed by atoms with van der Waals surface area (Å²) >= 11 is 0. The van der Waals surface area contributed by atoms with E-state index in [0.29, 0.717) is 5.95 Å². The Balaban J connectivity index is 0.00000144. The summed E-state index contributed by atoms with van der Waals surface area (Å²) in [6, 6.07) is 59.0. The van der Waals surface area contributed by atoms with Crippen LogP contribution in [0, 0.1) is 0 Å². The van der Waals surface area contributed by atoms with Crippen molar-refractivity contribution in [3.05, 3.63) is 206 Å². The summed E-state index contributed by atoms with van der Waals surface area (Å²) in [5.74, 6) is 0.638. The number of nitrogens with zero attached hydrogens (tertiary/aromatic N) is 3. The van der Waals surface area contributed by atoms with Crippen molar-refractivity contribution in [2.24, 2.45) is 0 Å². The van der Waals surface area contributed by atoms with Crippen molar-refractivity contribution >= 4 is 59.8 Å². The molecule has 294 valence electrons. The molecule has 0 saturated carbocycles. The van der Waals surface area contributed by atoms with Crippen LogP contribution >= 0.6 is 0 Å². The molecule has 0 atom stereocenters. The average Bonchev–Trinajstić information content (AvgIpc) is 3.76. The molecular formula is C58H47N3. The average molecular weight is 786 g/mol. The molecule has 2 heterocycles. The molecule has 0 radical (unpaired) electrons. The highest BCUT2D eigenvalue weighted by molar-refractivity contribution is 6.21. The first-order valence-electron chi connectivity index (χ1n) is 21.3. The van der Waals surface area contributed by atoms with Gasteiger partial charge in [-0.2, -0.15) is 0 Å². The molecule has 3 heteroatoms. The van der Waals surface area contributed by atoms with Crippen LogP contribution in [0.3, 0.4) is 0 Å². The highest BCUT2D eigenvalue weighted by atomic mass is 15.2. The van der Waals surface area contributed by atoms with Gasteiger partial charge < -0.3 is 0 Å². The second-order valence-electron chi connectivity index (χ2n) is 16.5. The number of hydrogen-bond acceptors (Lipinski definition) is 2. The molecule has 1 aliphatic rings. The Hall–Kier alpha value is -7.36. The van der Waals surface area contributed by atoms with E-state index in [1.54, 1.807) is 0 Å². The normalized spacial score (nSPS) is 13.2. The number of para-hydroxylation sites is 2. The zero-order chi connectivity index (χ0) is 41.8. The van der Waals surface area contributed by atoms with Gasteiger partial charge in [-0.1, -0.05) is 211 Å². The lowest BCUT2D eigenvalue weighted by atomic mass is 9.81. The van der Waals surface area contributed by atoms with Gasteiger partial charge in [0.1, 0.15) is 0 Å². The molecule has 3 nitrogen and oxygen atoms in total. The first kappa shape index (κ1) is 37.9. The van der Waals surface area contributed by atoms with Crippen LogP contribution in [0.4, 0.5) is 0 Å². The fourth-order valence-electron chi connectivity index (χ4n) is 9.62. The Labute approximate surface area is 357 Å². The summed E-state index contributed by atoms with van der Waals surface area (Å²) in [4.78, 5) is 10.9. The number of benzene rings is 8. The van der Waals surface area contributed by atoms with Gasteiger partial charge in [0, 0.05) is 38.1 Å². The molecule has 0 bridgehead atoms. The van der Waals surface area contributed by atoms with E-state index in [9.17, 15) is 0 Å². The molecule has 0 N–H and O–H groups in total. The zero-order valence-corrected chi connectivity index (χ0v) is 35.2. The van der Waals surface area contributed by atoms with Crippen molar-refractivity contribution in [1.29, 1.82) is 0 Å². The zero-order valence-electron chi connectivity index (χ0n) is 35.2. The van der Waals surface area contributed by atoms with Gasteiger partial charge in [-0.15, -0.1) is 0 Å². The fourth-order valence-corrected chi connectivity index (χ4v) is 9.62. The van der Waals surface area contributed by atoms with Crippen LogP contribution in [0.5, 0.6) is 0 Å². The summed E-state index contributed by atoms with van der Waals surface area (Å²) in [5.41, 5.74) is 14.3. The largest absolute Gasteiger partial charge is 0.277 e. The Morgan fingerprint density at radius 2 is 1.10 bits per heavy atom. The van der Waals surface area contributed by atoms with Crippen molar-refractivity contribution < 1.29 is 0 Å². The quantitative estimate of drug-likeness (QED) is 0.168. The Morgan fingerprint density at radius 3 is 1.85 bits per heavy atom. The predicted molar refractivity (Wildman–Crippen MR) is 262 cm³/mol. The lowest BCUT2D eigenvalue weighted by molar-refractivity contribution is 0.654. The van der Waals surface area contributed by atoms with Crippen LogP contribution in [-0.4, -0.2) is 14.5 Å². The summed E-state index contributed by atoms with van der Waals surface area (Å²) in [6.07, 6.45) is 5.23. The van der Waals surface area contributed by atoms with Crippen LogP contribution < -0.4 is 0 Å². The van der Waals surface area contributed by atoms with Crippen molar-refractivity contribution in [1.82, 2.24) is 14.5 Å². The number of rotatable bonds is 6. The maximum atomic E-state index is 5.55. The molecule has 0 unspecified atom stereocenters. The lowest BCUT2D eigenvalue weighted by Crippen LogP contribution is -2.15. The summed E-state index contributed by atoms with van der Waals surface area (Å²) < 4.78 is 2.32. The van der Waals surface area contributed by atoms with Gasteiger partial charge in [0.05, 0.1) is 22.2 Å². The number of aromatic nitrogens is 3. The van der Waals surface area contributed by atoms with Gasteiger partial charge in [0.2, 0.25) is 5.95 Å². The molecule has 0 saturated heterocycles. The van der Waals surface area contributed by atoms with E-state index in [-0.39, 0.29) is 5.41 Å². The van der Waals surface area contributed by atoms with Crippen LogP contribution in [0.1, 0.15) is 45.2 Å². The highest BCUT2D eigenvalue weighted by Crippen LogP contribution is 2.49. The molecule has 1 aliphatic carbocycles. The SMILES string of the molecule is C=CC1=C(C=C)C(C)(C)c2ccc(-c3cccc4c5ccc6ccccc6c5n(-c5nc(-c6ccc(-c7cccc8ccccc78)cc6)c6ccccc6n5)c34)cc21.CCC. The van der Waals surface area contributed by atoms with E-state index < -0.39 is 0 Å². The first-order chi connectivity index (χ1) is 29.9. The molecule has 0 aliphatic heterocycles. The number of fused-ring (bicyclic) bond motifs is 8. The predicted octanol–water partition coefficient (Wildman–Crippen LogP) is 15.9. The van der Waals surface area contributed by atoms with E-state index in [1.807, 2.05) is 12.2 Å². The van der Waals surface area contributed by atoms with E-state index in [2.05, 4.69) is 209 Å². The minimum absolute atomic E-state index is 0.165. The van der Waals surface area contributed by atoms with Gasteiger partial charge in [0.15, 0.2) is 0 Å². The molecular weight excluding hydrogens is 739 g/mol. The van der Waals surface area contributed by atoms with Gasteiger partial charge >= 0.3 is 0 Å². The molecule has 8 aromatic carbocycles. The summed E-state index contributed by atoms with van der Waals surface area (Å²) in [6.45, 7) is 17.2. The fraction of sp³-hybridized carbons (Fsp3) is 0.103. The summed E-state index contributed by atoms with van der Waals surface area (Å²) in [7, 11) is 0. The first-order valence-corrected chi connectivity index (χ1v) is 21.3. The van der Waals surface area contributed by atoms with Gasteiger partial charge in [-0.25, -0.2) is 9.97 Å². The van der Waals surface area contributed by atoms with Crippen molar-refractivity contribution in [3.63, 3.8) is 0 Å². The van der Waals surface area contributed by atoms with E-state index in [0.717, 1.165) is 66.1 Å². The maximum Gasteiger partial charge on any atom is 0.235 e. The Bertz CT molecular complexity index is 3410. The van der Waals surface area contributed by atoms with Gasteiger partial charge in [0.25, 0.3) is 0 Å². The van der Waals surface area contributed by atoms with E-state index in [1.165, 1.54) is 50.4 Å². The Kier molecular flexibility index (Phi) is 9.33. The smallest absolute Gasteiger partial charge is 0.235 e. The van der Waals surface area contributed by atoms with Crippen molar-refractivity contribution in [2.75, 3.05) is 0 Å². The second-order valence-corrected chi connectivity index (χ2v) is 16.5. The lowest BCUT2D eigenvalue weighted by Gasteiger charge is -2.23. The molecule has 0 amide bonds. The number of hydrogen-bond donors (Lipinski definition) is 0. The molecule has 0 spiro atoms. The topological polar surface area (TPSA) is 30.7 Å². The van der Waals surface area contributed by atoms with Crippen LogP contribution in [0.2, 0.25) is 0 Å². The third kappa shape index (κ3) is 6.03. The van der Waals surface area contributed by atoms with E-state index >= 15 is 0 Å². The Morgan fingerprint density at radius 1 is 0.508 bits per heavy atom. The summed E-state index contributed by atoms with van der Waals surface area (Å²) in [5, 5.41) is 8.13. The van der Waals surface area contributed by atoms with E-state index in [4.69, 9.17) is 9.97 Å². The van der Waals surface area contributed by atoms with Gasteiger partial charge in [-0.3, -0.25) is 4.57 Å². The van der Waals surface area contributed by atoms with Crippen LogP contribution in [0.15, 0.2) is 195 Å². The molecule has 11 rings (SSSR count). The highest BCUT2D eigenvalue weighted by Gasteiger charge is 2.35. The second kappa shape index (κ2) is 15.0. The third-order valence-corrected chi connectivity index (χ3v) is 12.4. The van der Waals surface area contributed by atoms with Crippen LogP contribution in [-0.2, 0) is 5.41 Å². The third-order valence-electron chi connectivity index (χ3n) is 12.4. The minimum Gasteiger partial charge on any atom is -0.277 e. The standard InChI is InChI=1S/C55H39N3.C3H8/c1-5-39-47-33-38(30-32-49(47)55(3,4)48(39)6-2)43-22-14-23-44-45-31-29-35-16-8-10-19-42(35)52(45)58(53(43)44)54-56-50-24-12-11-20-46(50)51(57-54)37-27-25-36(26-28-37)41-21-13-17-34-15-7-9-18-40(34)41;1-3-2/h5-33H,1-2H2,3-4H3;3H2,1-2H3. The molecule has 10 aromatic rings. The van der Waals surface area contributed by atoms with Gasteiger partial charge in [-0.05, 0) is 67.3 Å². The molecule has 0 fully saturated rings. The van der Waals surface area contributed by atoms with Crippen molar-refractivity contribution in [2.45, 2.75) is 39.5 Å². The molecule has 2 aromatic heterocycles. The molecule has 61 heavy (non-hydrogen) atoms. The van der Waals surface area contributed by atoms with Crippen molar-refractivity contribution in [3.8, 4) is 39.5 Å². The monoisotopic (exact) mass is 785 g/mol. The van der Waals surface area contributed by atoms with Crippen LogP contribution in [0.25, 0.3) is 99.3 Å². The minimum atomic E-state index is -0.165. The number of allylic oxidation sites excluding steroid dienone is 4.